The first-order chi connectivity index (χ1) is 11.2. The molecule has 3 rings (SSSR count). The number of hydrogen-bond acceptors (Lipinski definition) is 6. The van der Waals surface area contributed by atoms with Crippen LogP contribution in [0.4, 0.5) is 5.69 Å². The zero-order valence-corrected chi connectivity index (χ0v) is 12.7. The second-order valence-corrected chi connectivity index (χ2v) is 5.87. The molecule has 1 aliphatic heterocycles. The molecule has 0 saturated carbocycles. The van der Waals surface area contributed by atoms with Gasteiger partial charge < -0.3 is 9.52 Å². The van der Waals surface area contributed by atoms with Crippen LogP contribution in [-0.2, 0) is 6.54 Å². The van der Waals surface area contributed by atoms with Crippen molar-refractivity contribution in [3.05, 3.63) is 46.3 Å². The maximum Gasteiger partial charge on any atom is 0.269 e. The molecule has 1 atom stereocenters. The molecule has 1 N–H and O–H groups in total. The van der Waals surface area contributed by atoms with E-state index in [4.69, 9.17) is 4.42 Å². The average molecular weight is 317 g/mol. The summed E-state index contributed by atoms with van der Waals surface area (Å²) in [6, 6.07) is 6.15. The van der Waals surface area contributed by atoms with Gasteiger partial charge in [0.05, 0.1) is 10.6 Å². The quantitative estimate of drug-likeness (QED) is 0.672. The van der Waals surface area contributed by atoms with Crippen LogP contribution in [0.1, 0.15) is 18.5 Å². The fourth-order valence-electron chi connectivity index (χ4n) is 2.91. The molecule has 7 nitrogen and oxygen atoms in total. The number of aliphatic hydroxyl groups excluding tert-OH is 1. The van der Waals surface area contributed by atoms with Crippen molar-refractivity contribution < 1.29 is 14.4 Å². The second kappa shape index (κ2) is 6.89. The first-order valence-electron chi connectivity index (χ1n) is 7.68. The summed E-state index contributed by atoms with van der Waals surface area (Å²) in [6.45, 7) is 2.78. The van der Waals surface area contributed by atoms with Gasteiger partial charge in [-0.1, -0.05) is 0 Å². The summed E-state index contributed by atoms with van der Waals surface area (Å²) in [4.78, 5) is 17.0. The Labute approximate surface area is 133 Å². The molecule has 0 radical (unpaired) electrons. The van der Waals surface area contributed by atoms with E-state index in [0.717, 1.165) is 31.6 Å². The summed E-state index contributed by atoms with van der Waals surface area (Å²) in [5.41, 5.74) is 1.59. The van der Waals surface area contributed by atoms with E-state index in [2.05, 4.69) is 9.88 Å². The van der Waals surface area contributed by atoms with Crippen molar-refractivity contribution in [2.24, 2.45) is 5.92 Å². The number of aliphatic hydroxyl groups is 1. The molecule has 0 aliphatic carbocycles. The summed E-state index contributed by atoms with van der Waals surface area (Å²) in [5, 5.41) is 19.9. The van der Waals surface area contributed by atoms with E-state index in [0.29, 0.717) is 23.9 Å². The largest absolute Gasteiger partial charge is 0.444 e. The molecule has 0 bridgehead atoms. The smallest absolute Gasteiger partial charge is 0.269 e. The number of likely N-dealkylation sites (tertiary alicyclic amines) is 1. The molecule has 2 aromatic rings. The molecular formula is C16H19N3O4. The Morgan fingerprint density at radius 2 is 2.17 bits per heavy atom. The Hall–Kier alpha value is -2.25. The number of oxazole rings is 1. The van der Waals surface area contributed by atoms with Crippen LogP contribution in [-0.4, -0.2) is 39.6 Å². The molecule has 1 aromatic heterocycles. The Kier molecular flexibility index (Phi) is 4.68. The normalized spacial score (nSPS) is 18.9. The van der Waals surface area contributed by atoms with Gasteiger partial charge in [-0.3, -0.25) is 15.0 Å². The third kappa shape index (κ3) is 3.75. The third-order valence-electron chi connectivity index (χ3n) is 4.12. The number of piperidine rings is 1. The van der Waals surface area contributed by atoms with Gasteiger partial charge in [0.1, 0.15) is 6.26 Å². The second-order valence-electron chi connectivity index (χ2n) is 5.87. The molecule has 1 aromatic carbocycles. The SMILES string of the molecule is O=[N+]([O-])c1ccc(-c2nc(CN3CCCC(CO)C3)co2)cc1. The van der Waals surface area contributed by atoms with Crippen LogP contribution in [0.3, 0.4) is 0 Å². The minimum absolute atomic E-state index is 0.0453. The van der Waals surface area contributed by atoms with Crippen molar-refractivity contribution >= 4 is 5.69 Å². The van der Waals surface area contributed by atoms with Crippen molar-refractivity contribution in [1.82, 2.24) is 9.88 Å². The lowest BCUT2D eigenvalue weighted by Gasteiger charge is -2.30. The average Bonchev–Trinajstić information content (AvgIpc) is 3.03. The lowest BCUT2D eigenvalue weighted by Crippen LogP contribution is -2.36. The van der Waals surface area contributed by atoms with Crippen molar-refractivity contribution in [1.29, 1.82) is 0 Å². The highest BCUT2D eigenvalue weighted by Crippen LogP contribution is 2.23. The van der Waals surface area contributed by atoms with E-state index in [-0.39, 0.29) is 12.3 Å². The van der Waals surface area contributed by atoms with E-state index < -0.39 is 4.92 Å². The Bertz CT molecular complexity index is 668. The summed E-state index contributed by atoms with van der Waals surface area (Å²) in [6.07, 6.45) is 3.78. The van der Waals surface area contributed by atoms with Crippen LogP contribution in [0.25, 0.3) is 11.5 Å². The first kappa shape index (κ1) is 15.6. The number of benzene rings is 1. The Morgan fingerprint density at radius 1 is 1.39 bits per heavy atom. The van der Waals surface area contributed by atoms with Gasteiger partial charge in [-0.15, -0.1) is 0 Å². The zero-order valence-electron chi connectivity index (χ0n) is 12.7. The number of aromatic nitrogens is 1. The highest BCUT2D eigenvalue weighted by molar-refractivity contribution is 5.55. The standard InChI is InChI=1S/C16H19N3O4/c20-10-12-2-1-7-18(8-12)9-14-11-23-16(17-14)13-3-5-15(6-4-13)19(21)22/h3-6,11-12,20H,1-2,7-10H2. The van der Waals surface area contributed by atoms with Crippen molar-refractivity contribution in [2.75, 3.05) is 19.7 Å². The first-order valence-corrected chi connectivity index (χ1v) is 7.68. The molecule has 23 heavy (non-hydrogen) atoms. The molecule has 0 spiro atoms. The molecular weight excluding hydrogens is 298 g/mol. The topological polar surface area (TPSA) is 92.6 Å². The molecule has 2 heterocycles. The van der Waals surface area contributed by atoms with Gasteiger partial charge >= 0.3 is 0 Å². The Morgan fingerprint density at radius 3 is 2.87 bits per heavy atom. The number of hydrogen-bond donors (Lipinski definition) is 1. The van der Waals surface area contributed by atoms with Crippen LogP contribution in [0, 0.1) is 16.0 Å². The van der Waals surface area contributed by atoms with Crippen molar-refractivity contribution in [3.63, 3.8) is 0 Å². The predicted octanol–water partition coefficient (Wildman–Crippen LogP) is 2.45. The molecule has 1 saturated heterocycles. The minimum atomic E-state index is -0.432. The molecule has 0 amide bonds. The van der Waals surface area contributed by atoms with Crippen molar-refractivity contribution in [3.8, 4) is 11.5 Å². The number of nitro groups is 1. The lowest BCUT2D eigenvalue weighted by atomic mass is 9.99. The van der Waals surface area contributed by atoms with Gasteiger partial charge in [-0.25, -0.2) is 4.98 Å². The maximum absolute atomic E-state index is 10.7. The van der Waals surface area contributed by atoms with Gasteiger partial charge in [0.2, 0.25) is 5.89 Å². The summed E-state index contributed by atoms with van der Waals surface area (Å²) in [5.74, 6) is 0.801. The lowest BCUT2D eigenvalue weighted by molar-refractivity contribution is -0.384. The van der Waals surface area contributed by atoms with Crippen LogP contribution in [0.15, 0.2) is 34.9 Å². The van der Waals surface area contributed by atoms with Gasteiger partial charge in [0.15, 0.2) is 0 Å². The van der Waals surface area contributed by atoms with Gasteiger partial charge in [-0.05, 0) is 37.4 Å². The predicted molar refractivity (Wildman–Crippen MR) is 83.7 cm³/mol. The highest BCUT2D eigenvalue weighted by atomic mass is 16.6. The zero-order chi connectivity index (χ0) is 16.2. The fourth-order valence-corrected chi connectivity index (χ4v) is 2.91. The number of nitro benzene ring substituents is 1. The molecule has 1 aliphatic rings. The van der Waals surface area contributed by atoms with E-state index in [1.807, 2.05) is 0 Å². The van der Waals surface area contributed by atoms with Gasteiger partial charge in [0, 0.05) is 37.4 Å². The van der Waals surface area contributed by atoms with Crippen LogP contribution < -0.4 is 0 Å². The molecule has 1 fully saturated rings. The van der Waals surface area contributed by atoms with Crippen LogP contribution >= 0.6 is 0 Å². The number of nitrogens with zero attached hydrogens (tertiary/aromatic N) is 3. The number of non-ortho nitro benzene ring substituents is 1. The number of rotatable bonds is 5. The maximum atomic E-state index is 10.7. The minimum Gasteiger partial charge on any atom is -0.444 e. The van der Waals surface area contributed by atoms with Crippen LogP contribution in [0.2, 0.25) is 0 Å². The summed E-state index contributed by atoms with van der Waals surface area (Å²) < 4.78 is 5.49. The Balaban J connectivity index is 1.66. The van der Waals surface area contributed by atoms with E-state index in [1.54, 1.807) is 18.4 Å². The molecule has 7 heteroatoms. The van der Waals surface area contributed by atoms with E-state index in [1.165, 1.54) is 12.1 Å². The van der Waals surface area contributed by atoms with Gasteiger partial charge in [0.25, 0.3) is 5.69 Å². The highest BCUT2D eigenvalue weighted by Gasteiger charge is 2.20. The molecule has 122 valence electrons. The van der Waals surface area contributed by atoms with Crippen molar-refractivity contribution in [2.45, 2.75) is 19.4 Å². The fraction of sp³-hybridized carbons (Fsp3) is 0.438. The summed E-state index contributed by atoms with van der Waals surface area (Å²) in [7, 11) is 0. The van der Waals surface area contributed by atoms with E-state index in [9.17, 15) is 15.2 Å². The molecule has 1 unspecified atom stereocenters. The monoisotopic (exact) mass is 317 g/mol. The van der Waals surface area contributed by atoms with Crippen LogP contribution in [0.5, 0.6) is 0 Å². The van der Waals surface area contributed by atoms with Gasteiger partial charge in [-0.2, -0.15) is 0 Å². The van der Waals surface area contributed by atoms with E-state index >= 15 is 0 Å². The third-order valence-corrected chi connectivity index (χ3v) is 4.12. The summed E-state index contributed by atoms with van der Waals surface area (Å²) >= 11 is 0.